The van der Waals surface area contributed by atoms with E-state index in [1.54, 1.807) is 0 Å². The second kappa shape index (κ2) is 9.39. The maximum absolute atomic E-state index is 13.0. The monoisotopic (exact) mass is 487 g/mol. The SMILES string of the molecule is O=C1Nc2cc(Br)ccc2C1C(=Nc1ccc(CN2CCCCC2)cc1)c1ccccc1. The molecular weight excluding hydrogens is 462 g/mol. The summed E-state index contributed by atoms with van der Waals surface area (Å²) in [6.45, 7) is 3.36. The van der Waals surface area contributed by atoms with Crippen molar-refractivity contribution in [2.45, 2.75) is 31.7 Å². The van der Waals surface area contributed by atoms with Crippen LogP contribution in [0.2, 0.25) is 0 Å². The van der Waals surface area contributed by atoms with Gasteiger partial charge in [-0.1, -0.05) is 70.9 Å². The molecule has 0 aromatic heterocycles. The van der Waals surface area contributed by atoms with E-state index in [-0.39, 0.29) is 5.91 Å². The lowest BCUT2D eigenvalue weighted by molar-refractivity contribution is -0.115. The number of rotatable bonds is 5. The van der Waals surface area contributed by atoms with Crippen LogP contribution in [-0.2, 0) is 11.3 Å². The molecule has 0 saturated carbocycles. The standard InChI is InChI=1S/C27H26BrN3O/c28-21-11-14-23-24(17-21)30-27(32)25(23)26(20-7-3-1-4-8-20)29-22-12-9-19(10-13-22)18-31-15-5-2-6-16-31/h1,3-4,7-14,17,25H,2,5-6,15-16,18H2,(H,30,32). The van der Waals surface area contributed by atoms with Crippen molar-refractivity contribution >= 4 is 38.9 Å². The minimum Gasteiger partial charge on any atom is -0.325 e. The number of nitrogens with zero attached hydrogens (tertiary/aromatic N) is 2. The Morgan fingerprint density at radius 1 is 0.969 bits per heavy atom. The summed E-state index contributed by atoms with van der Waals surface area (Å²) in [6.07, 6.45) is 3.94. The Morgan fingerprint density at radius 2 is 1.72 bits per heavy atom. The van der Waals surface area contributed by atoms with Crippen molar-refractivity contribution in [3.63, 3.8) is 0 Å². The molecule has 0 aliphatic carbocycles. The molecule has 0 spiro atoms. The highest BCUT2D eigenvalue weighted by Gasteiger charge is 2.35. The van der Waals surface area contributed by atoms with E-state index in [4.69, 9.17) is 4.99 Å². The van der Waals surface area contributed by atoms with Gasteiger partial charge in [0, 0.05) is 16.7 Å². The molecule has 162 valence electrons. The smallest absolute Gasteiger partial charge is 0.238 e. The molecular formula is C27H26BrN3O. The number of nitrogens with one attached hydrogen (secondary N) is 1. The Labute approximate surface area is 197 Å². The predicted octanol–water partition coefficient (Wildman–Crippen LogP) is 6.29. The summed E-state index contributed by atoms with van der Waals surface area (Å²) in [5, 5.41) is 3.02. The first kappa shape index (κ1) is 21.1. The van der Waals surface area contributed by atoms with Crippen LogP contribution in [0.4, 0.5) is 11.4 Å². The molecule has 1 atom stereocenters. The van der Waals surface area contributed by atoms with Gasteiger partial charge in [0.1, 0.15) is 5.92 Å². The number of halogens is 1. The van der Waals surface area contributed by atoms with Gasteiger partial charge < -0.3 is 5.32 Å². The van der Waals surface area contributed by atoms with Crippen molar-refractivity contribution in [1.29, 1.82) is 0 Å². The Balaban J connectivity index is 1.48. The largest absolute Gasteiger partial charge is 0.325 e. The van der Waals surface area contributed by atoms with Crippen LogP contribution in [0.15, 0.2) is 82.3 Å². The van der Waals surface area contributed by atoms with Crippen LogP contribution in [0.1, 0.15) is 41.9 Å². The fourth-order valence-corrected chi connectivity index (χ4v) is 4.96. The molecule has 5 rings (SSSR count). The van der Waals surface area contributed by atoms with E-state index >= 15 is 0 Å². The van der Waals surface area contributed by atoms with Gasteiger partial charge in [-0.2, -0.15) is 0 Å². The third-order valence-electron chi connectivity index (χ3n) is 6.23. The van der Waals surface area contributed by atoms with E-state index in [2.05, 4.69) is 50.4 Å². The van der Waals surface area contributed by atoms with Crippen molar-refractivity contribution in [1.82, 2.24) is 4.90 Å². The van der Waals surface area contributed by atoms with Crippen LogP contribution in [0.5, 0.6) is 0 Å². The molecule has 1 saturated heterocycles. The van der Waals surface area contributed by atoms with E-state index in [1.165, 1.54) is 37.9 Å². The number of benzene rings is 3. The summed E-state index contributed by atoms with van der Waals surface area (Å²) in [5.74, 6) is -0.476. The molecule has 1 N–H and O–H groups in total. The second-order valence-corrected chi connectivity index (χ2v) is 9.44. The molecule has 1 amide bonds. The van der Waals surface area contributed by atoms with Gasteiger partial charge in [-0.05, 0) is 66.9 Å². The highest BCUT2D eigenvalue weighted by molar-refractivity contribution is 9.10. The summed E-state index contributed by atoms with van der Waals surface area (Å²) in [5.41, 5.74) is 5.71. The average Bonchev–Trinajstić information content (AvgIpc) is 3.14. The highest BCUT2D eigenvalue weighted by atomic mass is 79.9. The van der Waals surface area contributed by atoms with Crippen LogP contribution in [0.25, 0.3) is 0 Å². The maximum atomic E-state index is 13.0. The van der Waals surface area contributed by atoms with Crippen molar-refractivity contribution < 1.29 is 4.79 Å². The number of likely N-dealkylation sites (tertiary alicyclic amines) is 1. The third-order valence-corrected chi connectivity index (χ3v) is 6.72. The third kappa shape index (κ3) is 4.54. The summed E-state index contributed by atoms with van der Waals surface area (Å²) < 4.78 is 0.944. The van der Waals surface area contributed by atoms with Gasteiger partial charge in [-0.25, -0.2) is 0 Å². The first-order valence-corrected chi connectivity index (χ1v) is 12.0. The quantitative estimate of drug-likeness (QED) is 0.429. The first-order valence-electron chi connectivity index (χ1n) is 11.2. The molecule has 2 heterocycles. The van der Waals surface area contributed by atoms with E-state index in [0.717, 1.165) is 39.2 Å². The zero-order valence-corrected chi connectivity index (χ0v) is 19.5. The van der Waals surface area contributed by atoms with Crippen LogP contribution < -0.4 is 5.32 Å². The first-order chi connectivity index (χ1) is 15.7. The van der Waals surface area contributed by atoms with Gasteiger partial charge in [0.15, 0.2) is 0 Å². The predicted molar refractivity (Wildman–Crippen MR) is 134 cm³/mol. The second-order valence-electron chi connectivity index (χ2n) is 8.52. The molecule has 2 aliphatic rings. The summed E-state index contributed by atoms with van der Waals surface area (Å²) in [6, 6.07) is 24.4. The normalized spacial score (nSPS) is 19.0. The van der Waals surface area contributed by atoms with Gasteiger partial charge >= 0.3 is 0 Å². The number of piperidine rings is 1. The maximum Gasteiger partial charge on any atom is 0.238 e. The van der Waals surface area contributed by atoms with Gasteiger partial charge in [-0.15, -0.1) is 0 Å². The number of aliphatic imine (C=N–C) groups is 1. The lowest BCUT2D eigenvalue weighted by Crippen LogP contribution is -2.28. The Morgan fingerprint density at radius 3 is 2.47 bits per heavy atom. The molecule has 3 aromatic rings. The minimum absolute atomic E-state index is 0.0394. The summed E-state index contributed by atoms with van der Waals surface area (Å²) in [7, 11) is 0. The van der Waals surface area contributed by atoms with Gasteiger partial charge in [0.05, 0.1) is 11.4 Å². The molecule has 32 heavy (non-hydrogen) atoms. The molecule has 0 bridgehead atoms. The van der Waals surface area contributed by atoms with Crippen molar-refractivity contribution in [3.05, 3.63) is 94.0 Å². The van der Waals surface area contributed by atoms with Gasteiger partial charge in [0.25, 0.3) is 0 Å². The summed E-state index contributed by atoms with van der Waals surface area (Å²) >= 11 is 3.50. The van der Waals surface area contributed by atoms with Crippen LogP contribution in [0, 0.1) is 0 Å². The molecule has 0 radical (unpaired) electrons. The fourth-order valence-electron chi connectivity index (χ4n) is 4.60. The molecule has 1 unspecified atom stereocenters. The topological polar surface area (TPSA) is 44.7 Å². The van der Waals surface area contributed by atoms with Crippen LogP contribution in [-0.4, -0.2) is 29.6 Å². The number of hydrogen-bond donors (Lipinski definition) is 1. The zero-order valence-electron chi connectivity index (χ0n) is 17.9. The molecule has 2 aliphatic heterocycles. The highest BCUT2D eigenvalue weighted by Crippen LogP contribution is 2.37. The lowest BCUT2D eigenvalue weighted by atomic mass is 9.90. The lowest BCUT2D eigenvalue weighted by Gasteiger charge is -2.26. The Hall–Kier alpha value is -2.76. The average molecular weight is 488 g/mol. The van der Waals surface area contributed by atoms with Gasteiger partial charge in [-0.3, -0.25) is 14.7 Å². The molecule has 1 fully saturated rings. The Kier molecular flexibility index (Phi) is 6.19. The van der Waals surface area contributed by atoms with Crippen molar-refractivity contribution in [2.24, 2.45) is 4.99 Å². The van der Waals surface area contributed by atoms with Gasteiger partial charge in [0.2, 0.25) is 5.91 Å². The number of anilines is 1. The van der Waals surface area contributed by atoms with Crippen molar-refractivity contribution in [2.75, 3.05) is 18.4 Å². The number of carbonyl (C=O) groups is 1. The molecule has 4 nitrogen and oxygen atoms in total. The van der Waals surface area contributed by atoms with E-state index in [9.17, 15) is 4.79 Å². The number of amides is 1. The zero-order chi connectivity index (χ0) is 21.9. The fraction of sp³-hybridized carbons (Fsp3) is 0.259. The van der Waals surface area contributed by atoms with Crippen LogP contribution in [0.3, 0.4) is 0 Å². The number of carbonyl (C=O) groups excluding carboxylic acids is 1. The van der Waals surface area contributed by atoms with E-state index in [1.807, 2.05) is 48.5 Å². The summed E-state index contributed by atoms with van der Waals surface area (Å²) in [4.78, 5) is 20.5. The van der Waals surface area contributed by atoms with E-state index in [0.29, 0.717) is 0 Å². The minimum atomic E-state index is -0.437. The number of fused-ring (bicyclic) bond motifs is 1. The van der Waals surface area contributed by atoms with Crippen molar-refractivity contribution in [3.8, 4) is 0 Å². The Bertz CT molecular complexity index is 1140. The molecule has 3 aromatic carbocycles. The van der Waals surface area contributed by atoms with E-state index < -0.39 is 5.92 Å². The van der Waals surface area contributed by atoms with Crippen LogP contribution >= 0.6 is 15.9 Å². The number of hydrogen-bond acceptors (Lipinski definition) is 3. The molecule has 5 heteroatoms.